The molecule has 0 radical (unpaired) electrons. The summed E-state index contributed by atoms with van der Waals surface area (Å²) in [5.74, 6) is 5.95. The molecule has 0 saturated heterocycles. The second-order valence-corrected chi connectivity index (χ2v) is 3.89. The zero-order valence-corrected chi connectivity index (χ0v) is 8.88. The molecule has 0 saturated carbocycles. The maximum absolute atomic E-state index is 5.55. The molecule has 2 aromatic rings. The highest BCUT2D eigenvalue weighted by Crippen LogP contribution is 2.23. The van der Waals surface area contributed by atoms with Crippen LogP contribution in [0.1, 0.15) is 25.5 Å². The van der Waals surface area contributed by atoms with E-state index >= 15 is 0 Å². The number of fused-ring (bicyclic) bond motifs is 1. The van der Waals surface area contributed by atoms with Crippen molar-refractivity contribution >= 4 is 5.52 Å². The Morgan fingerprint density at radius 2 is 2.20 bits per heavy atom. The number of nitrogens with two attached hydrogens (primary N) is 1. The predicted molar refractivity (Wildman–Crippen MR) is 57.9 cm³/mol. The van der Waals surface area contributed by atoms with E-state index in [0.29, 0.717) is 5.92 Å². The van der Waals surface area contributed by atoms with E-state index in [9.17, 15) is 0 Å². The largest absolute Gasteiger partial charge is 0.271 e. The van der Waals surface area contributed by atoms with Crippen molar-refractivity contribution in [3.05, 3.63) is 30.4 Å². The minimum atomic E-state index is 0.103. The Morgan fingerprint density at radius 1 is 1.40 bits per heavy atom. The van der Waals surface area contributed by atoms with Crippen LogP contribution < -0.4 is 11.3 Å². The minimum absolute atomic E-state index is 0.103. The molecule has 3 N–H and O–H groups in total. The average Bonchev–Trinajstić information content (AvgIpc) is 2.63. The zero-order chi connectivity index (χ0) is 10.8. The van der Waals surface area contributed by atoms with Crippen molar-refractivity contribution in [1.82, 2.24) is 20.0 Å². The molecule has 2 aromatic heterocycles. The van der Waals surface area contributed by atoms with E-state index in [1.165, 1.54) is 0 Å². The Labute approximate surface area is 88.3 Å². The number of rotatable bonds is 3. The van der Waals surface area contributed by atoms with E-state index in [0.717, 1.165) is 11.1 Å². The van der Waals surface area contributed by atoms with Crippen molar-refractivity contribution in [2.24, 2.45) is 11.8 Å². The summed E-state index contributed by atoms with van der Waals surface area (Å²) < 4.78 is 1.80. The van der Waals surface area contributed by atoms with Gasteiger partial charge in [0.1, 0.15) is 0 Å². The predicted octanol–water partition coefficient (Wildman–Crippen LogP) is 0.890. The van der Waals surface area contributed by atoms with E-state index in [4.69, 9.17) is 5.84 Å². The first-order chi connectivity index (χ1) is 7.24. The first-order valence-corrected chi connectivity index (χ1v) is 4.97. The molecule has 2 rings (SSSR count). The molecule has 0 amide bonds. The minimum Gasteiger partial charge on any atom is -0.271 e. The summed E-state index contributed by atoms with van der Waals surface area (Å²) in [4.78, 5) is 4.09. The van der Waals surface area contributed by atoms with Gasteiger partial charge in [-0.25, -0.2) is 4.52 Å². The molecule has 0 fully saturated rings. The lowest BCUT2D eigenvalue weighted by Gasteiger charge is -2.18. The molecular weight excluding hydrogens is 190 g/mol. The number of hydrazine groups is 1. The standard InChI is InChI=1S/C10H15N5/c1-7(2)10(14-11)8-5-13-15-4-3-12-6-9(8)15/h3-7,10,14H,11H2,1-2H3. The quantitative estimate of drug-likeness (QED) is 0.577. The lowest BCUT2D eigenvalue weighted by molar-refractivity contribution is 0.423. The molecular formula is C10H15N5. The van der Waals surface area contributed by atoms with Crippen LogP contribution in [0.4, 0.5) is 0 Å². The van der Waals surface area contributed by atoms with Gasteiger partial charge in [-0.1, -0.05) is 13.8 Å². The second-order valence-electron chi connectivity index (χ2n) is 3.89. The van der Waals surface area contributed by atoms with Crippen molar-refractivity contribution < 1.29 is 0 Å². The van der Waals surface area contributed by atoms with Crippen LogP contribution in [0.3, 0.4) is 0 Å². The van der Waals surface area contributed by atoms with Crippen LogP contribution in [0, 0.1) is 5.92 Å². The summed E-state index contributed by atoms with van der Waals surface area (Å²) >= 11 is 0. The molecule has 1 atom stereocenters. The fourth-order valence-electron chi connectivity index (χ4n) is 1.73. The fraction of sp³-hybridized carbons (Fsp3) is 0.400. The van der Waals surface area contributed by atoms with Crippen molar-refractivity contribution in [1.29, 1.82) is 0 Å². The van der Waals surface area contributed by atoms with Gasteiger partial charge in [-0.15, -0.1) is 0 Å². The van der Waals surface area contributed by atoms with E-state index in [1.807, 2.05) is 12.4 Å². The van der Waals surface area contributed by atoms with Crippen LogP contribution in [0.15, 0.2) is 24.8 Å². The van der Waals surface area contributed by atoms with Crippen LogP contribution in [0.2, 0.25) is 0 Å². The normalized spacial score (nSPS) is 13.6. The van der Waals surface area contributed by atoms with Gasteiger partial charge in [-0.2, -0.15) is 5.10 Å². The fourth-order valence-corrected chi connectivity index (χ4v) is 1.73. The average molecular weight is 205 g/mol. The summed E-state index contributed by atoms with van der Waals surface area (Å²) in [6.45, 7) is 4.23. The molecule has 2 heterocycles. The van der Waals surface area contributed by atoms with Crippen molar-refractivity contribution in [3.63, 3.8) is 0 Å². The first kappa shape index (κ1) is 10.1. The topological polar surface area (TPSA) is 68.2 Å². The Kier molecular flexibility index (Phi) is 2.66. The molecule has 15 heavy (non-hydrogen) atoms. The molecule has 5 nitrogen and oxygen atoms in total. The lowest BCUT2D eigenvalue weighted by atomic mass is 9.98. The molecule has 80 valence electrons. The molecule has 0 aliphatic rings. The number of hydrogen-bond acceptors (Lipinski definition) is 4. The van der Waals surface area contributed by atoms with Gasteiger partial charge in [-0.05, 0) is 5.92 Å². The summed E-state index contributed by atoms with van der Waals surface area (Å²) in [5.41, 5.74) is 4.89. The van der Waals surface area contributed by atoms with Crippen LogP contribution >= 0.6 is 0 Å². The highest BCUT2D eigenvalue weighted by molar-refractivity contribution is 5.53. The molecule has 0 bridgehead atoms. The summed E-state index contributed by atoms with van der Waals surface area (Å²) in [7, 11) is 0. The van der Waals surface area contributed by atoms with Gasteiger partial charge in [0.15, 0.2) is 0 Å². The number of aromatic nitrogens is 3. The van der Waals surface area contributed by atoms with Gasteiger partial charge in [-0.3, -0.25) is 16.3 Å². The van der Waals surface area contributed by atoms with Gasteiger partial charge in [0.05, 0.1) is 24.0 Å². The Balaban J connectivity index is 2.51. The first-order valence-electron chi connectivity index (χ1n) is 4.97. The van der Waals surface area contributed by atoms with Crippen molar-refractivity contribution in [3.8, 4) is 0 Å². The van der Waals surface area contributed by atoms with Gasteiger partial charge in [0, 0.05) is 18.0 Å². The van der Waals surface area contributed by atoms with Gasteiger partial charge >= 0.3 is 0 Å². The van der Waals surface area contributed by atoms with Gasteiger partial charge in [0.2, 0.25) is 0 Å². The maximum atomic E-state index is 5.55. The van der Waals surface area contributed by atoms with Crippen molar-refractivity contribution in [2.45, 2.75) is 19.9 Å². The third-order valence-electron chi connectivity index (χ3n) is 2.54. The molecule has 0 aromatic carbocycles. The molecule has 0 aliphatic heterocycles. The van der Waals surface area contributed by atoms with E-state index in [1.54, 1.807) is 16.9 Å². The van der Waals surface area contributed by atoms with Crippen LogP contribution in [0.5, 0.6) is 0 Å². The summed E-state index contributed by atoms with van der Waals surface area (Å²) in [6, 6.07) is 0.103. The number of nitrogens with zero attached hydrogens (tertiary/aromatic N) is 3. The molecule has 0 aliphatic carbocycles. The van der Waals surface area contributed by atoms with E-state index < -0.39 is 0 Å². The monoisotopic (exact) mass is 205 g/mol. The Hall–Kier alpha value is -1.46. The highest BCUT2D eigenvalue weighted by atomic mass is 15.3. The Bertz CT molecular complexity index is 448. The zero-order valence-electron chi connectivity index (χ0n) is 8.88. The maximum Gasteiger partial charge on any atom is 0.0893 e. The van der Waals surface area contributed by atoms with Gasteiger partial charge < -0.3 is 0 Å². The van der Waals surface area contributed by atoms with Gasteiger partial charge in [0.25, 0.3) is 0 Å². The van der Waals surface area contributed by atoms with Crippen LogP contribution in [-0.4, -0.2) is 14.6 Å². The molecule has 1 unspecified atom stereocenters. The van der Waals surface area contributed by atoms with E-state index in [2.05, 4.69) is 29.4 Å². The van der Waals surface area contributed by atoms with E-state index in [-0.39, 0.29) is 6.04 Å². The van der Waals surface area contributed by atoms with Crippen LogP contribution in [0.25, 0.3) is 5.52 Å². The lowest BCUT2D eigenvalue weighted by Crippen LogP contribution is -2.31. The third-order valence-corrected chi connectivity index (χ3v) is 2.54. The smallest absolute Gasteiger partial charge is 0.0893 e. The number of nitrogens with one attached hydrogen (secondary N) is 1. The summed E-state index contributed by atoms with van der Waals surface area (Å²) in [5, 5.41) is 4.25. The highest BCUT2D eigenvalue weighted by Gasteiger charge is 2.18. The molecule has 5 heteroatoms. The number of hydrogen-bond donors (Lipinski definition) is 2. The second kappa shape index (κ2) is 3.96. The molecule has 0 spiro atoms. The third kappa shape index (κ3) is 1.71. The summed E-state index contributed by atoms with van der Waals surface area (Å²) in [6.07, 6.45) is 7.17. The van der Waals surface area contributed by atoms with Crippen LogP contribution in [-0.2, 0) is 0 Å². The Morgan fingerprint density at radius 3 is 2.87 bits per heavy atom. The van der Waals surface area contributed by atoms with Crippen molar-refractivity contribution in [2.75, 3.05) is 0 Å². The SMILES string of the molecule is CC(C)C(NN)c1cnn2ccncc12.